The summed E-state index contributed by atoms with van der Waals surface area (Å²) in [4.78, 5) is 12.5. The number of phenols is 1. The second kappa shape index (κ2) is 16.1. The van der Waals surface area contributed by atoms with Gasteiger partial charge in [0.25, 0.3) is 0 Å². The fourth-order valence-electron chi connectivity index (χ4n) is 4.02. The van der Waals surface area contributed by atoms with Gasteiger partial charge in [0.05, 0.1) is 16.3 Å². The standard InChI is InChI=1S/C29H41NO4S/c1-2-3-4-5-6-7-8-9-10-11-12-15-24-35(33,34)28-17-14-13-16-27(28)30-29(32)23-20-25-18-21-26(31)22-19-25/h13-14,16-23,31H,2-12,15,24H2,1H3,(H,30,32)/b23-20+. The largest absolute Gasteiger partial charge is 0.508 e. The van der Waals surface area contributed by atoms with Crippen molar-refractivity contribution in [3.63, 3.8) is 0 Å². The van der Waals surface area contributed by atoms with Gasteiger partial charge in [0.2, 0.25) is 5.91 Å². The minimum absolute atomic E-state index is 0.0840. The molecule has 0 spiro atoms. The van der Waals surface area contributed by atoms with Crippen LogP contribution in [0.1, 0.15) is 89.5 Å². The monoisotopic (exact) mass is 499 g/mol. The summed E-state index contributed by atoms with van der Waals surface area (Å²) in [5.74, 6) is -0.175. The van der Waals surface area contributed by atoms with E-state index in [1.54, 1.807) is 42.5 Å². The molecule has 2 aromatic carbocycles. The topological polar surface area (TPSA) is 83.5 Å². The van der Waals surface area contributed by atoms with E-state index in [4.69, 9.17) is 0 Å². The molecule has 0 fully saturated rings. The molecule has 192 valence electrons. The number of amides is 1. The maximum absolute atomic E-state index is 12.9. The van der Waals surface area contributed by atoms with E-state index in [1.165, 1.54) is 69.6 Å². The fraction of sp³-hybridized carbons (Fsp3) is 0.483. The number of carbonyl (C=O) groups is 1. The first kappa shape index (κ1) is 28.6. The summed E-state index contributed by atoms with van der Waals surface area (Å²) >= 11 is 0. The number of carbonyl (C=O) groups excluding carboxylic acids is 1. The van der Waals surface area contributed by atoms with Crippen LogP contribution in [0.4, 0.5) is 5.69 Å². The molecule has 0 saturated heterocycles. The predicted molar refractivity (Wildman–Crippen MR) is 145 cm³/mol. The first-order chi connectivity index (χ1) is 16.9. The van der Waals surface area contributed by atoms with Gasteiger partial charge in [-0.05, 0) is 42.3 Å². The SMILES string of the molecule is CCCCCCCCCCCCCCS(=O)(=O)c1ccccc1NC(=O)/C=C/c1ccc(O)cc1. The lowest BCUT2D eigenvalue weighted by molar-refractivity contribution is -0.111. The lowest BCUT2D eigenvalue weighted by Crippen LogP contribution is -2.14. The van der Waals surface area contributed by atoms with Crippen LogP contribution in [0.25, 0.3) is 6.08 Å². The van der Waals surface area contributed by atoms with E-state index in [0.29, 0.717) is 12.1 Å². The molecule has 0 saturated carbocycles. The maximum atomic E-state index is 12.9. The summed E-state index contributed by atoms with van der Waals surface area (Å²) in [6.45, 7) is 2.24. The Morgan fingerprint density at radius 3 is 1.94 bits per heavy atom. The maximum Gasteiger partial charge on any atom is 0.248 e. The molecule has 0 aromatic heterocycles. The van der Waals surface area contributed by atoms with Gasteiger partial charge >= 0.3 is 0 Å². The zero-order valence-corrected chi connectivity index (χ0v) is 21.9. The van der Waals surface area contributed by atoms with E-state index in [-0.39, 0.29) is 16.4 Å². The van der Waals surface area contributed by atoms with Crippen molar-refractivity contribution in [3.8, 4) is 5.75 Å². The van der Waals surface area contributed by atoms with E-state index in [9.17, 15) is 18.3 Å². The Morgan fingerprint density at radius 1 is 0.800 bits per heavy atom. The number of hydrogen-bond donors (Lipinski definition) is 2. The smallest absolute Gasteiger partial charge is 0.248 e. The van der Waals surface area contributed by atoms with Crippen LogP contribution in [0.2, 0.25) is 0 Å². The Labute approximate surface area is 211 Å². The average Bonchev–Trinajstić information content (AvgIpc) is 2.84. The molecule has 0 heterocycles. The van der Waals surface area contributed by atoms with Crippen molar-refractivity contribution in [3.05, 3.63) is 60.2 Å². The summed E-state index contributed by atoms with van der Waals surface area (Å²) < 4.78 is 25.9. The Hall–Kier alpha value is -2.60. The third-order valence-electron chi connectivity index (χ3n) is 6.07. The van der Waals surface area contributed by atoms with Gasteiger partial charge < -0.3 is 10.4 Å². The van der Waals surface area contributed by atoms with Crippen molar-refractivity contribution in [2.45, 2.75) is 88.9 Å². The molecule has 0 unspecified atom stereocenters. The van der Waals surface area contributed by atoms with Gasteiger partial charge in [0.1, 0.15) is 5.75 Å². The molecule has 0 aliphatic rings. The number of para-hydroxylation sites is 1. The second-order valence-electron chi connectivity index (χ2n) is 9.12. The number of phenolic OH excluding ortho intramolecular Hbond substituents is 1. The Morgan fingerprint density at radius 2 is 1.34 bits per heavy atom. The molecule has 0 bridgehead atoms. The van der Waals surface area contributed by atoms with Crippen LogP contribution < -0.4 is 5.32 Å². The molecular weight excluding hydrogens is 458 g/mol. The van der Waals surface area contributed by atoms with Crippen LogP contribution in [0, 0.1) is 0 Å². The van der Waals surface area contributed by atoms with Crippen LogP contribution in [0.3, 0.4) is 0 Å². The van der Waals surface area contributed by atoms with E-state index in [0.717, 1.165) is 24.8 Å². The third kappa shape index (κ3) is 11.6. The van der Waals surface area contributed by atoms with Gasteiger partial charge in [-0.15, -0.1) is 0 Å². The quantitative estimate of drug-likeness (QED) is 0.174. The highest BCUT2D eigenvalue weighted by Gasteiger charge is 2.18. The van der Waals surface area contributed by atoms with Crippen molar-refractivity contribution in [1.29, 1.82) is 0 Å². The first-order valence-electron chi connectivity index (χ1n) is 13.0. The molecule has 1 amide bonds. The number of hydrogen-bond acceptors (Lipinski definition) is 4. The van der Waals surface area contributed by atoms with Crippen molar-refractivity contribution in [2.24, 2.45) is 0 Å². The number of nitrogens with one attached hydrogen (secondary N) is 1. The predicted octanol–water partition coefficient (Wildman–Crippen LogP) is 7.52. The minimum Gasteiger partial charge on any atom is -0.508 e. The molecule has 0 aliphatic heterocycles. The summed E-state index contributed by atoms with van der Waals surface area (Å²) in [5.41, 5.74) is 1.05. The molecular formula is C29H41NO4S. The second-order valence-corrected chi connectivity index (χ2v) is 11.2. The Bertz CT molecular complexity index is 1010. The van der Waals surface area contributed by atoms with Crippen molar-refractivity contribution in [1.82, 2.24) is 0 Å². The molecule has 2 rings (SSSR count). The lowest BCUT2D eigenvalue weighted by atomic mass is 10.1. The van der Waals surface area contributed by atoms with Gasteiger partial charge in [-0.1, -0.05) is 102 Å². The van der Waals surface area contributed by atoms with Gasteiger partial charge in [-0.3, -0.25) is 4.79 Å². The molecule has 35 heavy (non-hydrogen) atoms. The first-order valence-corrected chi connectivity index (χ1v) is 14.7. The number of sulfone groups is 1. The molecule has 0 atom stereocenters. The Kier molecular flexibility index (Phi) is 13.2. The molecule has 0 aliphatic carbocycles. The van der Waals surface area contributed by atoms with Crippen LogP contribution >= 0.6 is 0 Å². The van der Waals surface area contributed by atoms with Crippen LogP contribution in [-0.4, -0.2) is 25.2 Å². The van der Waals surface area contributed by atoms with Crippen molar-refractivity contribution < 1.29 is 18.3 Å². The molecule has 2 aromatic rings. The van der Waals surface area contributed by atoms with Gasteiger partial charge in [-0.2, -0.15) is 0 Å². The normalized spacial score (nSPS) is 11.7. The fourth-order valence-corrected chi connectivity index (χ4v) is 5.56. The van der Waals surface area contributed by atoms with Gasteiger partial charge in [-0.25, -0.2) is 8.42 Å². The summed E-state index contributed by atoms with van der Waals surface area (Å²) in [7, 11) is -3.49. The van der Waals surface area contributed by atoms with Crippen LogP contribution in [-0.2, 0) is 14.6 Å². The number of rotatable bonds is 17. The highest BCUT2D eigenvalue weighted by atomic mass is 32.2. The van der Waals surface area contributed by atoms with Gasteiger partial charge in [0, 0.05) is 6.08 Å². The summed E-state index contributed by atoms with van der Waals surface area (Å²) in [6.07, 6.45) is 17.2. The minimum atomic E-state index is -3.49. The van der Waals surface area contributed by atoms with E-state index in [2.05, 4.69) is 12.2 Å². The summed E-state index contributed by atoms with van der Waals surface area (Å²) in [5, 5.41) is 12.0. The van der Waals surface area contributed by atoms with E-state index >= 15 is 0 Å². The third-order valence-corrected chi connectivity index (χ3v) is 7.92. The van der Waals surface area contributed by atoms with Crippen LogP contribution in [0.15, 0.2) is 59.5 Å². The molecule has 0 radical (unpaired) electrons. The number of benzene rings is 2. The van der Waals surface area contributed by atoms with E-state index in [1.807, 2.05) is 0 Å². The van der Waals surface area contributed by atoms with Crippen LogP contribution in [0.5, 0.6) is 5.75 Å². The average molecular weight is 500 g/mol. The Balaban J connectivity index is 1.74. The molecule has 2 N–H and O–H groups in total. The van der Waals surface area contributed by atoms with E-state index < -0.39 is 15.7 Å². The van der Waals surface area contributed by atoms with Crippen molar-refractivity contribution in [2.75, 3.05) is 11.1 Å². The number of aromatic hydroxyl groups is 1. The zero-order valence-electron chi connectivity index (χ0n) is 21.0. The number of anilines is 1. The summed E-state index contributed by atoms with van der Waals surface area (Å²) in [6, 6.07) is 13.0. The van der Waals surface area contributed by atoms with Gasteiger partial charge in [0.15, 0.2) is 9.84 Å². The highest BCUT2D eigenvalue weighted by Crippen LogP contribution is 2.23. The lowest BCUT2D eigenvalue weighted by Gasteiger charge is -2.11. The molecule has 5 nitrogen and oxygen atoms in total. The zero-order chi connectivity index (χ0) is 25.4. The van der Waals surface area contributed by atoms with Crippen molar-refractivity contribution >= 4 is 27.5 Å². The highest BCUT2D eigenvalue weighted by molar-refractivity contribution is 7.91. The number of unbranched alkanes of at least 4 members (excludes halogenated alkanes) is 11. The molecule has 6 heteroatoms.